The molecule has 0 bridgehead atoms. The van der Waals surface area contributed by atoms with Crippen molar-refractivity contribution in [2.75, 3.05) is 13.1 Å². The number of hydrogen-bond donors (Lipinski definition) is 0. The molecule has 0 aromatic heterocycles. The Labute approximate surface area is 135 Å². The van der Waals surface area contributed by atoms with Crippen LogP contribution < -0.4 is 0 Å². The van der Waals surface area contributed by atoms with Crippen LogP contribution >= 0.6 is 12.4 Å². The second kappa shape index (κ2) is 6.30. The van der Waals surface area contributed by atoms with Crippen molar-refractivity contribution in [3.63, 3.8) is 0 Å². The molecule has 0 N–H and O–H groups in total. The van der Waals surface area contributed by atoms with Crippen LogP contribution in [-0.2, 0) is 12.8 Å². The maximum atomic E-state index is 2.80. The van der Waals surface area contributed by atoms with E-state index in [2.05, 4.69) is 29.2 Å². The van der Waals surface area contributed by atoms with Gasteiger partial charge in [-0.2, -0.15) is 0 Å². The largest absolute Gasteiger partial charge is 0.300 e. The first-order valence-electron chi connectivity index (χ1n) is 8.66. The van der Waals surface area contributed by atoms with Crippen LogP contribution in [0.1, 0.15) is 56.1 Å². The molecule has 116 valence electrons. The van der Waals surface area contributed by atoms with Crippen molar-refractivity contribution in [2.45, 2.75) is 63.8 Å². The summed E-state index contributed by atoms with van der Waals surface area (Å²) in [5.74, 6) is 0. The van der Waals surface area contributed by atoms with Crippen molar-refractivity contribution in [3.8, 4) is 0 Å². The van der Waals surface area contributed by atoms with Crippen LogP contribution in [0.4, 0.5) is 0 Å². The molecule has 2 aliphatic carbocycles. The smallest absolute Gasteiger partial charge is 0.00956 e. The van der Waals surface area contributed by atoms with Gasteiger partial charge in [0.05, 0.1) is 0 Å². The minimum Gasteiger partial charge on any atom is -0.300 e. The lowest BCUT2D eigenvalue weighted by atomic mass is 9.70. The van der Waals surface area contributed by atoms with E-state index in [9.17, 15) is 0 Å². The first-order chi connectivity index (χ1) is 9.85. The van der Waals surface area contributed by atoms with Gasteiger partial charge in [0.25, 0.3) is 0 Å². The molecule has 3 aliphatic rings. The molecule has 1 spiro atoms. The Morgan fingerprint density at radius 3 is 2.00 bits per heavy atom. The van der Waals surface area contributed by atoms with E-state index >= 15 is 0 Å². The average Bonchev–Trinajstić information content (AvgIpc) is 2.86. The van der Waals surface area contributed by atoms with E-state index in [0.29, 0.717) is 5.41 Å². The molecule has 1 aromatic carbocycles. The van der Waals surface area contributed by atoms with Crippen LogP contribution in [-0.4, -0.2) is 24.0 Å². The number of nitrogens with zero attached hydrogens (tertiary/aromatic N) is 1. The molecule has 1 aliphatic heterocycles. The maximum absolute atomic E-state index is 2.80. The Bertz CT molecular complexity index is 443. The summed E-state index contributed by atoms with van der Waals surface area (Å²) < 4.78 is 0. The van der Waals surface area contributed by atoms with E-state index in [0.717, 1.165) is 6.04 Å². The van der Waals surface area contributed by atoms with Gasteiger partial charge in [0.15, 0.2) is 0 Å². The first-order valence-corrected chi connectivity index (χ1v) is 8.66. The molecule has 2 fully saturated rings. The molecule has 1 aromatic rings. The van der Waals surface area contributed by atoms with Crippen LogP contribution in [0.25, 0.3) is 0 Å². The van der Waals surface area contributed by atoms with Crippen LogP contribution in [0.5, 0.6) is 0 Å². The predicted molar refractivity (Wildman–Crippen MR) is 91.2 cm³/mol. The number of fused-ring (bicyclic) bond motifs is 1. The van der Waals surface area contributed by atoms with Crippen molar-refractivity contribution in [2.24, 2.45) is 5.41 Å². The van der Waals surface area contributed by atoms with Gasteiger partial charge >= 0.3 is 0 Å². The van der Waals surface area contributed by atoms with Gasteiger partial charge in [-0.25, -0.2) is 0 Å². The van der Waals surface area contributed by atoms with Crippen LogP contribution in [0.15, 0.2) is 24.3 Å². The van der Waals surface area contributed by atoms with E-state index in [1.807, 2.05) is 0 Å². The Morgan fingerprint density at radius 2 is 1.43 bits per heavy atom. The molecule has 0 radical (unpaired) electrons. The molecule has 4 rings (SSSR count). The molecule has 0 atom stereocenters. The monoisotopic (exact) mass is 305 g/mol. The van der Waals surface area contributed by atoms with Gasteiger partial charge in [-0.05, 0) is 81.0 Å². The summed E-state index contributed by atoms with van der Waals surface area (Å²) in [6.45, 7) is 2.75. The second-order valence-corrected chi connectivity index (χ2v) is 7.45. The summed E-state index contributed by atoms with van der Waals surface area (Å²) in [6, 6.07) is 10.1. The Hall–Kier alpha value is -0.530. The van der Waals surface area contributed by atoms with E-state index in [1.54, 1.807) is 11.1 Å². The number of benzene rings is 1. The molecular formula is C19H28ClN. The number of rotatable bonds is 1. The highest BCUT2D eigenvalue weighted by Gasteiger charge is 2.41. The SMILES string of the molecule is Cl.c1ccc2c(c1)CC1(CCC(N3CCCCC3)CC1)C2. The van der Waals surface area contributed by atoms with Crippen molar-refractivity contribution in [1.29, 1.82) is 0 Å². The number of halogens is 1. The highest BCUT2D eigenvalue weighted by molar-refractivity contribution is 5.85. The van der Waals surface area contributed by atoms with Gasteiger partial charge in [-0.15, -0.1) is 12.4 Å². The zero-order valence-electron chi connectivity index (χ0n) is 13.0. The Kier molecular flexibility index (Phi) is 4.61. The third-order valence-corrected chi connectivity index (χ3v) is 6.17. The van der Waals surface area contributed by atoms with Crippen molar-refractivity contribution in [3.05, 3.63) is 35.4 Å². The molecule has 1 heterocycles. The quantitative estimate of drug-likeness (QED) is 0.731. The van der Waals surface area contributed by atoms with Crippen molar-refractivity contribution in [1.82, 2.24) is 4.90 Å². The van der Waals surface area contributed by atoms with Gasteiger partial charge in [0.1, 0.15) is 0 Å². The van der Waals surface area contributed by atoms with E-state index < -0.39 is 0 Å². The summed E-state index contributed by atoms with van der Waals surface area (Å²) in [5, 5.41) is 0. The highest BCUT2D eigenvalue weighted by Crippen LogP contribution is 2.48. The number of piperidine rings is 1. The van der Waals surface area contributed by atoms with Crippen LogP contribution in [0.3, 0.4) is 0 Å². The second-order valence-electron chi connectivity index (χ2n) is 7.45. The molecule has 21 heavy (non-hydrogen) atoms. The average molecular weight is 306 g/mol. The van der Waals surface area contributed by atoms with Gasteiger partial charge in [-0.3, -0.25) is 0 Å². The molecule has 2 heteroatoms. The minimum absolute atomic E-state index is 0. The lowest BCUT2D eigenvalue weighted by Gasteiger charge is -2.43. The summed E-state index contributed by atoms with van der Waals surface area (Å²) in [4.78, 5) is 2.80. The Morgan fingerprint density at radius 1 is 0.857 bits per heavy atom. The summed E-state index contributed by atoms with van der Waals surface area (Å²) in [5.41, 5.74) is 3.92. The fourth-order valence-corrected chi connectivity index (χ4v) is 4.99. The molecule has 1 nitrogen and oxygen atoms in total. The molecule has 0 unspecified atom stereocenters. The molecule has 0 amide bonds. The summed E-state index contributed by atoms with van der Waals surface area (Å²) >= 11 is 0. The van der Waals surface area contributed by atoms with E-state index in [-0.39, 0.29) is 12.4 Å². The molecular weight excluding hydrogens is 278 g/mol. The standard InChI is InChI=1S/C19H27N.ClH/c1-4-12-20(13-5-1)18-8-10-19(11-9-18)14-16-6-2-3-7-17(16)15-19;/h2-3,6-7,18H,1,4-5,8-15H2;1H. The fraction of sp³-hybridized carbons (Fsp3) is 0.684. The van der Waals surface area contributed by atoms with Crippen LogP contribution in [0.2, 0.25) is 0 Å². The number of hydrogen-bond acceptors (Lipinski definition) is 1. The van der Waals surface area contributed by atoms with Crippen molar-refractivity contribution >= 4 is 12.4 Å². The fourth-order valence-electron chi connectivity index (χ4n) is 4.99. The lowest BCUT2D eigenvalue weighted by Crippen LogP contribution is -2.43. The summed E-state index contributed by atoms with van der Waals surface area (Å²) in [6.07, 6.45) is 12.9. The lowest BCUT2D eigenvalue weighted by molar-refractivity contribution is 0.0795. The number of likely N-dealkylation sites (tertiary alicyclic amines) is 1. The maximum Gasteiger partial charge on any atom is 0.00956 e. The zero-order chi connectivity index (χ0) is 13.4. The molecule has 1 saturated heterocycles. The minimum atomic E-state index is 0. The topological polar surface area (TPSA) is 3.24 Å². The van der Waals surface area contributed by atoms with Gasteiger partial charge in [0, 0.05) is 6.04 Å². The Balaban J connectivity index is 0.00000132. The van der Waals surface area contributed by atoms with E-state index in [1.165, 1.54) is 70.9 Å². The summed E-state index contributed by atoms with van der Waals surface area (Å²) in [7, 11) is 0. The first kappa shape index (κ1) is 15.4. The molecule has 1 saturated carbocycles. The van der Waals surface area contributed by atoms with Gasteiger partial charge in [-0.1, -0.05) is 30.7 Å². The third-order valence-electron chi connectivity index (χ3n) is 6.17. The van der Waals surface area contributed by atoms with Crippen LogP contribution in [0, 0.1) is 5.41 Å². The third kappa shape index (κ3) is 3.00. The normalized spacial score (nSPS) is 25.5. The zero-order valence-corrected chi connectivity index (χ0v) is 13.8. The van der Waals surface area contributed by atoms with Crippen molar-refractivity contribution < 1.29 is 0 Å². The van der Waals surface area contributed by atoms with Gasteiger partial charge < -0.3 is 4.90 Å². The highest BCUT2D eigenvalue weighted by atomic mass is 35.5. The predicted octanol–water partition coefficient (Wildman–Crippen LogP) is 4.62. The van der Waals surface area contributed by atoms with Gasteiger partial charge in [0.2, 0.25) is 0 Å². The van der Waals surface area contributed by atoms with E-state index in [4.69, 9.17) is 0 Å².